The van der Waals surface area contributed by atoms with Crippen LogP contribution in [0.2, 0.25) is 4.78 Å². The van der Waals surface area contributed by atoms with Gasteiger partial charge in [0.05, 0.1) is 0 Å². The summed E-state index contributed by atoms with van der Waals surface area (Å²) in [5.41, 5.74) is 0. The van der Waals surface area contributed by atoms with Gasteiger partial charge in [0.15, 0.2) is 0 Å². The molecule has 1 rings (SSSR count). The maximum atomic E-state index is 2.28. The Bertz CT molecular complexity index is 120. The lowest BCUT2D eigenvalue weighted by Gasteiger charge is -1.89. The van der Waals surface area contributed by atoms with Gasteiger partial charge in [-0.3, -0.25) is 0 Å². The highest BCUT2D eigenvalue weighted by atomic mass is 27.0. The highest BCUT2D eigenvalue weighted by molar-refractivity contribution is 6.11. The smallest absolute Gasteiger partial charge is 0.0931 e. The van der Waals surface area contributed by atoms with Gasteiger partial charge in [0.1, 0.15) is 0 Å². The summed E-state index contributed by atoms with van der Waals surface area (Å²) in [6, 6.07) is 12.0. The third-order valence-corrected chi connectivity index (χ3v) is 2.30. The van der Waals surface area contributed by atoms with E-state index in [0.717, 1.165) is 4.78 Å². The molecule has 1 aromatic carbocycles. The first-order valence-electron chi connectivity index (χ1n) is 4.27. The van der Waals surface area contributed by atoms with Crippen LogP contribution in [0.1, 0.15) is 20.3 Å². The first-order chi connectivity index (χ1) is 5.27. The topological polar surface area (TPSA) is 0 Å². The van der Waals surface area contributed by atoms with Crippen LogP contribution in [-0.4, -0.2) is 16.3 Å². The van der Waals surface area contributed by atoms with E-state index >= 15 is 0 Å². The molecule has 0 saturated carbocycles. The minimum atomic E-state index is 1.02. The Morgan fingerprint density at radius 1 is 1.00 bits per heavy atom. The van der Waals surface area contributed by atoms with Crippen LogP contribution in [-0.2, 0) is 0 Å². The first-order valence-corrected chi connectivity index (χ1v) is 5.42. The van der Waals surface area contributed by atoms with Crippen molar-refractivity contribution in [3.8, 4) is 0 Å². The molecule has 1 aromatic rings. The number of benzene rings is 1. The SMILES string of the molecule is CC[CH](C)[AlH2].c1ccccc1. The Morgan fingerprint density at radius 3 is 1.27 bits per heavy atom. The minimum absolute atomic E-state index is 1.02. The van der Waals surface area contributed by atoms with E-state index in [2.05, 4.69) is 13.8 Å². The summed E-state index contributed by atoms with van der Waals surface area (Å²) in [6.07, 6.45) is 1.37. The lowest BCUT2D eigenvalue weighted by Crippen LogP contribution is -1.76. The van der Waals surface area contributed by atoms with E-state index < -0.39 is 0 Å². The van der Waals surface area contributed by atoms with Crippen molar-refractivity contribution in [1.82, 2.24) is 0 Å². The zero-order chi connectivity index (χ0) is 8.53. The molecule has 0 amide bonds. The predicted octanol–water partition coefficient (Wildman–Crippen LogP) is 2.52. The molecule has 0 aliphatic carbocycles. The van der Waals surface area contributed by atoms with Gasteiger partial charge in [-0.2, -0.15) is 0 Å². The maximum Gasteiger partial charge on any atom is 0.215 e. The number of hydrogen-bond donors (Lipinski definition) is 0. The molecule has 1 unspecified atom stereocenters. The predicted molar refractivity (Wildman–Crippen MR) is 54.7 cm³/mol. The van der Waals surface area contributed by atoms with Crippen LogP contribution in [0, 0.1) is 0 Å². The summed E-state index contributed by atoms with van der Waals surface area (Å²) in [7, 11) is 0. The van der Waals surface area contributed by atoms with E-state index in [1.165, 1.54) is 22.7 Å². The van der Waals surface area contributed by atoms with Crippen LogP contribution in [0.3, 0.4) is 0 Å². The average Bonchev–Trinajstić information content (AvgIpc) is 2.09. The summed E-state index contributed by atoms with van der Waals surface area (Å²) in [6.45, 7) is 4.52. The van der Waals surface area contributed by atoms with Gasteiger partial charge in [0, 0.05) is 0 Å². The first kappa shape index (κ1) is 10.8. The molecule has 60 valence electrons. The third kappa shape index (κ3) is 9.75. The fourth-order valence-corrected chi connectivity index (χ4v) is 0.385. The standard InChI is InChI=1S/C6H6.C4H9.Al.2H/c1-2-4-6-5-3-1;1-3-4-2;;;/h1-6H;3H,4H2,1-2H3;;;. The highest BCUT2D eigenvalue weighted by Gasteiger charge is 1.81. The van der Waals surface area contributed by atoms with Gasteiger partial charge in [-0.05, 0) is 0 Å². The van der Waals surface area contributed by atoms with Crippen molar-refractivity contribution in [1.29, 1.82) is 0 Å². The molecule has 0 aromatic heterocycles. The minimum Gasteiger partial charge on any atom is -0.0931 e. The highest BCUT2D eigenvalue weighted by Crippen LogP contribution is 1.97. The summed E-state index contributed by atoms with van der Waals surface area (Å²) < 4.78 is 1.02. The van der Waals surface area contributed by atoms with E-state index in [-0.39, 0.29) is 0 Å². The van der Waals surface area contributed by atoms with Crippen LogP contribution in [0.25, 0.3) is 0 Å². The van der Waals surface area contributed by atoms with Crippen LogP contribution in [0.15, 0.2) is 36.4 Å². The van der Waals surface area contributed by atoms with Crippen LogP contribution in [0.5, 0.6) is 0 Å². The van der Waals surface area contributed by atoms with E-state index in [0.29, 0.717) is 0 Å². The number of rotatable bonds is 1. The Kier molecular flexibility index (Phi) is 7.68. The molecular weight excluding hydrogens is 147 g/mol. The van der Waals surface area contributed by atoms with Crippen molar-refractivity contribution < 1.29 is 0 Å². The van der Waals surface area contributed by atoms with E-state index in [1.807, 2.05) is 36.4 Å². The van der Waals surface area contributed by atoms with E-state index in [1.54, 1.807) is 0 Å². The normalized spacial score (nSPS) is 11.1. The molecule has 0 spiro atoms. The summed E-state index contributed by atoms with van der Waals surface area (Å²) in [5.74, 6) is 0. The molecule has 11 heavy (non-hydrogen) atoms. The van der Waals surface area contributed by atoms with Gasteiger partial charge < -0.3 is 0 Å². The van der Waals surface area contributed by atoms with Gasteiger partial charge in [-0.1, -0.05) is 61.4 Å². The molecule has 0 aliphatic rings. The zero-order valence-electron chi connectivity index (χ0n) is 7.75. The van der Waals surface area contributed by atoms with Crippen LogP contribution in [0.4, 0.5) is 0 Å². The fraction of sp³-hybridized carbons (Fsp3) is 0.400. The molecule has 0 heterocycles. The third-order valence-electron chi connectivity index (χ3n) is 1.48. The Morgan fingerprint density at radius 2 is 1.18 bits per heavy atom. The molecule has 0 radical (unpaired) electrons. The Hall–Kier alpha value is -0.248. The second-order valence-corrected chi connectivity index (χ2v) is 4.93. The fourth-order valence-electron chi connectivity index (χ4n) is 0.385. The van der Waals surface area contributed by atoms with Crippen molar-refractivity contribution in [3.05, 3.63) is 36.4 Å². The van der Waals surface area contributed by atoms with Crippen LogP contribution < -0.4 is 0 Å². The van der Waals surface area contributed by atoms with Gasteiger partial charge in [-0.25, -0.2) is 0 Å². The lowest BCUT2D eigenvalue weighted by atomic mass is 10.4. The summed E-state index contributed by atoms with van der Waals surface area (Å²) in [5, 5.41) is 0. The largest absolute Gasteiger partial charge is 0.215 e. The lowest BCUT2D eigenvalue weighted by molar-refractivity contribution is 0.880. The molecule has 0 bridgehead atoms. The second-order valence-electron chi connectivity index (χ2n) is 2.96. The van der Waals surface area contributed by atoms with E-state index in [9.17, 15) is 0 Å². The van der Waals surface area contributed by atoms with Crippen molar-refractivity contribution in [2.24, 2.45) is 0 Å². The summed E-state index contributed by atoms with van der Waals surface area (Å²) in [4.78, 5) is 0. The molecule has 0 N–H and O–H groups in total. The molecular formula is C10H17Al. The monoisotopic (exact) mass is 164 g/mol. The van der Waals surface area contributed by atoms with Gasteiger partial charge >= 0.3 is 0 Å². The molecule has 0 nitrogen and oxygen atoms in total. The Balaban J connectivity index is 0.000000187. The second kappa shape index (κ2) is 7.86. The van der Waals surface area contributed by atoms with Gasteiger partial charge in [-0.15, -0.1) is 0 Å². The maximum absolute atomic E-state index is 2.28. The Labute approximate surface area is 78.1 Å². The molecule has 0 fully saturated rings. The molecule has 1 heteroatoms. The quantitative estimate of drug-likeness (QED) is 0.559. The molecule has 1 atom stereocenters. The van der Waals surface area contributed by atoms with Crippen molar-refractivity contribution in [3.63, 3.8) is 0 Å². The van der Waals surface area contributed by atoms with Crippen molar-refractivity contribution >= 4 is 16.3 Å². The summed E-state index contributed by atoms with van der Waals surface area (Å²) >= 11 is 1.37. The van der Waals surface area contributed by atoms with Gasteiger partial charge in [0.25, 0.3) is 0 Å². The number of hydrogen-bond acceptors (Lipinski definition) is 0. The molecule has 0 saturated heterocycles. The zero-order valence-corrected chi connectivity index (χ0v) is 9.75. The van der Waals surface area contributed by atoms with Crippen molar-refractivity contribution in [2.45, 2.75) is 25.0 Å². The van der Waals surface area contributed by atoms with Gasteiger partial charge in [0.2, 0.25) is 16.3 Å². The van der Waals surface area contributed by atoms with Crippen molar-refractivity contribution in [2.75, 3.05) is 0 Å². The average molecular weight is 164 g/mol. The van der Waals surface area contributed by atoms with Crippen LogP contribution >= 0.6 is 0 Å². The van der Waals surface area contributed by atoms with E-state index in [4.69, 9.17) is 0 Å². The molecule has 0 aliphatic heterocycles.